The van der Waals surface area contributed by atoms with Gasteiger partial charge in [-0.2, -0.15) is 0 Å². The maximum atomic E-state index is 12.6. The molecular weight excluding hydrogens is 272 g/mol. The lowest BCUT2D eigenvalue weighted by molar-refractivity contribution is -0.384. The second kappa shape index (κ2) is 6.03. The first kappa shape index (κ1) is 15.2. The molecule has 0 N–H and O–H groups in total. The number of carbonyl (C=O) groups is 2. The number of hydrogen-bond acceptors (Lipinski definition) is 4. The number of nitro groups is 1. The van der Waals surface area contributed by atoms with Crippen molar-refractivity contribution in [1.29, 1.82) is 0 Å². The van der Waals surface area contributed by atoms with Gasteiger partial charge in [-0.05, 0) is 32.3 Å². The highest BCUT2D eigenvalue weighted by molar-refractivity contribution is 5.97. The number of likely N-dealkylation sites (tertiary alicyclic amines) is 1. The molecule has 1 aliphatic rings. The lowest BCUT2D eigenvalue weighted by Crippen LogP contribution is -2.36. The van der Waals surface area contributed by atoms with Crippen LogP contribution in [0.2, 0.25) is 0 Å². The molecular formula is C15H18N2O4. The van der Waals surface area contributed by atoms with Crippen molar-refractivity contribution < 1.29 is 14.5 Å². The van der Waals surface area contributed by atoms with Gasteiger partial charge in [-0.1, -0.05) is 6.07 Å². The second-order valence-electron chi connectivity index (χ2n) is 5.46. The Bertz CT molecular complexity index is 597. The zero-order chi connectivity index (χ0) is 15.6. The van der Waals surface area contributed by atoms with Gasteiger partial charge in [0.25, 0.3) is 11.6 Å². The minimum atomic E-state index is -0.507. The molecule has 2 rings (SSSR count). The third kappa shape index (κ3) is 3.26. The van der Waals surface area contributed by atoms with E-state index >= 15 is 0 Å². The molecule has 0 saturated carbocycles. The van der Waals surface area contributed by atoms with Crippen LogP contribution in [0.5, 0.6) is 0 Å². The van der Waals surface area contributed by atoms with E-state index in [1.807, 2.05) is 0 Å². The van der Waals surface area contributed by atoms with Crippen molar-refractivity contribution in [2.75, 3.05) is 6.54 Å². The number of non-ortho nitro benzene ring substituents is 1. The molecule has 0 aliphatic carbocycles. The van der Waals surface area contributed by atoms with Crippen LogP contribution in [0, 0.1) is 17.0 Å². The van der Waals surface area contributed by atoms with Crippen LogP contribution >= 0.6 is 0 Å². The maximum absolute atomic E-state index is 12.6. The number of amides is 1. The van der Waals surface area contributed by atoms with E-state index in [2.05, 4.69) is 0 Å². The average Bonchev–Trinajstić information content (AvgIpc) is 2.85. The SMILES string of the molecule is CC(=O)CC1CCCN1C(=O)c1cc([N+](=O)[O-])ccc1C. The van der Waals surface area contributed by atoms with E-state index in [1.165, 1.54) is 19.1 Å². The third-order valence-electron chi connectivity index (χ3n) is 3.82. The van der Waals surface area contributed by atoms with Crippen LogP contribution in [0.3, 0.4) is 0 Å². The van der Waals surface area contributed by atoms with Gasteiger partial charge in [-0.3, -0.25) is 19.7 Å². The maximum Gasteiger partial charge on any atom is 0.270 e. The monoisotopic (exact) mass is 290 g/mol. The van der Waals surface area contributed by atoms with Crippen molar-refractivity contribution in [3.05, 3.63) is 39.4 Å². The summed E-state index contributed by atoms with van der Waals surface area (Å²) in [6.45, 7) is 3.87. The normalized spacial score (nSPS) is 17.8. The molecule has 1 atom stereocenters. The van der Waals surface area contributed by atoms with Crippen molar-refractivity contribution in [3.63, 3.8) is 0 Å². The lowest BCUT2D eigenvalue weighted by Gasteiger charge is -2.24. The summed E-state index contributed by atoms with van der Waals surface area (Å²) >= 11 is 0. The minimum Gasteiger partial charge on any atom is -0.335 e. The predicted molar refractivity (Wildman–Crippen MR) is 77.2 cm³/mol. The highest BCUT2D eigenvalue weighted by Gasteiger charge is 2.31. The second-order valence-corrected chi connectivity index (χ2v) is 5.46. The number of rotatable bonds is 4. The Morgan fingerprint density at radius 2 is 2.14 bits per heavy atom. The first-order chi connectivity index (χ1) is 9.90. The highest BCUT2D eigenvalue weighted by atomic mass is 16.6. The zero-order valence-electron chi connectivity index (χ0n) is 12.2. The fourth-order valence-electron chi connectivity index (χ4n) is 2.76. The fourth-order valence-corrected chi connectivity index (χ4v) is 2.76. The fraction of sp³-hybridized carbons (Fsp3) is 0.467. The van der Waals surface area contributed by atoms with Crippen LogP contribution in [0.4, 0.5) is 5.69 Å². The summed E-state index contributed by atoms with van der Waals surface area (Å²) in [7, 11) is 0. The van der Waals surface area contributed by atoms with Crippen LogP contribution in [0.1, 0.15) is 42.1 Å². The standard InChI is InChI=1S/C15H18N2O4/c1-10-5-6-13(17(20)21)9-14(10)15(19)16-7-3-4-12(16)8-11(2)18/h5-6,9,12H,3-4,7-8H2,1-2H3. The molecule has 6 heteroatoms. The quantitative estimate of drug-likeness (QED) is 0.630. The van der Waals surface area contributed by atoms with Crippen LogP contribution in [-0.2, 0) is 4.79 Å². The van der Waals surface area contributed by atoms with Gasteiger partial charge in [0.15, 0.2) is 0 Å². The summed E-state index contributed by atoms with van der Waals surface area (Å²) in [5, 5.41) is 10.9. The first-order valence-electron chi connectivity index (χ1n) is 6.95. The number of nitro benzene ring substituents is 1. The van der Waals surface area contributed by atoms with Crippen molar-refractivity contribution in [2.24, 2.45) is 0 Å². The Kier molecular flexibility index (Phi) is 4.35. The van der Waals surface area contributed by atoms with Crippen molar-refractivity contribution in [2.45, 2.75) is 39.2 Å². The number of benzene rings is 1. The molecule has 0 radical (unpaired) electrons. The van der Waals surface area contributed by atoms with Gasteiger partial charge < -0.3 is 4.90 Å². The van der Waals surface area contributed by atoms with Crippen molar-refractivity contribution in [3.8, 4) is 0 Å². The Balaban J connectivity index is 2.28. The molecule has 1 aromatic carbocycles. The molecule has 0 aromatic heterocycles. The number of Topliss-reactive ketones (excluding diaryl/α,β-unsaturated/α-hetero) is 1. The Labute approximate surface area is 122 Å². The molecule has 1 fully saturated rings. The molecule has 1 aromatic rings. The third-order valence-corrected chi connectivity index (χ3v) is 3.82. The Morgan fingerprint density at radius 3 is 2.76 bits per heavy atom. The van der Waals surface area contributed by atoms with Gasteiger partial charge in [-0.15, -0.1) is 0 Å². The molecule has 1 unspecified atom stereocenters. The summed E-state index contributed by atoms with van der Waals surface area (Å²) in [5.74, 6) is -0.171. The van der Waals surface area contributed by atoms with Crippen LogP contribution in [-0.4, -0.2) is 34.1 Å². The van der Waals surface area contributed by atoms with E-state index in [1.54, 1.807) is 17.9 Å². The molecule has 1 heterocycles. The molecule has 1 amide bonds. The molecule has 6 nitrogen and oxygen atoms in total. The molecule has 112 valence electrons. The van der Waals surface area contributed by atoms with Gasteiger partial charge in [0.05, 0.1) is 4.92 Å². The van der Waals surface area contributed by atoms with E-state index < -0.39 is 4.92 Å². The molecule has 1 saturated heterocycles. The summed E-state index contributed by atoms with van der Waals surface area (Å²) in [6, 6.07) is 4.21. The lowest BCUT2D eigenvalue weighted by atomic mass is 10.0. The van der Waals surface area contributed by atoms with Gasteiger partial charge >= 0.3 is 0 Å². The topological polar surface area (TPSA) is 80.5 Å². The first-order valence-corrected chi connectivity index (χ1v) is 6.95. The van der Waals surface area contributed by atoms with Gasteiger partial charge in [-0.25, -0.2) is 0 Å². The molecule has 0 bridgehead atoms. The predicted octanol–water partition coefficient (Wildman–Crippen LogP) is 2.49. The number of nitrogens with zero attached hydrogens (tertiary/aromatic N) is 2. The average molecular weight is 290 g/mol. The van der Waals surface area contributed by atoms with E-state index in [0.717, 1.165) is 12.8 Å². The van der Waals surface area contributed by atoms with Gasteiger partial charge in [0.1, 0.15) is 5.78 Å². The minimum absolute atomic E-state index is 0.0514. The van der Waals surface area contributed by atoms with Crippen molar-refractivity contribution in [1.82, 2.24) is 4.90 Å². The van der Waals surface area contributed by atoms with E-state index in [-0.39, 0.29) is 23.4 Å². The Hall–Kier alpha value is -2.24. The summed E-state index contributed by atoms with van der Waals surface area (Å²) in [6.07, 6.45) is 2.01. The van der Waals surface area contributed by atoms with Crippen molar-refractivity contribution >= 4 is 17.4 Å². The van der Waals surface area contributed by atoms with E-state index in [9.17, 15) is 19.7 Å². The van der Waals surface area contributed by atoms with Crippen LogP contribution in [0.15, 0.2) is 18.2 Å². The number of hydrogen-bond donors (Lipinski definition) is 0. The zero-order valence-corrected chi connectivity index (χ0v) is 12.2. The summed E-state index contributed by atoms with van der Waals surface area (Å²) < 4.78 is 0. The van der Waals surface area contributed by atoms with Gasteiger partial charge in [0, 0.05) is 36.7 Å². The van der Waals surface area contributed by atoms with Crippen LogP contribution < -0.4 is 0 Å². The number of ketones is 1. The molecule has 21 heavy (non-hydrogen) atoms. The highest BCUT2D eigenvalue weighted by Crippen LogP contribution is 2.25. The smallest absolute Gasteiger partial charge is 0.270 e. The number of aryl methyl sites for hydroxylation is 1. The van der Waals surface area contributed by atoms with Gasteiger partial charge in [0.2, 0.25) is 0 Å². The molecule has 1 aliphatic heterocycles. The number of carbonyl (C=O) groups excluding carboxylic acids is 2. The van der Waals surface area contributed by atoms with E-state index in [0.29, 0.717) is 24.1 Å². The summed E-state index contributed by atoms with van der Waals surface area (Å²) in [5.41, 5.74) is 0.963. The Morgan fingerprint density at radius 1 is 1.43 bits per heavy atom. The van der Waals surface area contributed by atoms with Crippen LogP contribution in [0.25, 0.3) is 0 Å². The largest absolute Gasteiger partial charge is 0.335 e. The summed E-state index contributed by atoms with van der Waals surface area (Å²) in [4.78, 5) is 35.9. The van der Waals surface area contributed by atoms with E-state index in [4.69, 9.17) is 0 Å². The molecule has 0 spiro atoms.